The van der Waals surface area contributed by atoms with Gasteiger partial charge in [-0.1, -0.05) is 18.2 Å². The highest BCUT2D eigenvalue weighted by Crippen LogP contribution is 2.29. The van der Waals surface area contributed by atoms with Gasteiger partial charge in [-0.05, 0) is 36.1 Å². The van der Waals surface area contributed by atoms with Crippen molar-refractivity contribution in [3.8, 4) is 0 Å². The summed E-state index contributed by atoms with van der Waals surface area (Å²) >= 11 is 3.59. The first kappa shape index (κ1) is 12.6. The molecule has 4 heteroatoms. The number of thiophene rings is 1. The summed E-state index contributed by atoms with van der Waals surface area (Å²) in [6, 6.07) is 12.8. The van der Waals surface area contributed by atoms with Gasteiger partial charge in [0.1, 0.15) is 0 Å². The number of hydrazine groups is 1. The van der Waals surface area contributed by atoms with Crippen molar-refractivity contribution in [1.29, 1.82) is 0 Å². The molecule has 0 bridgehead atoms. The van der Waals surface area contributed by atoms with E-state index in [2.05, 4.69) is 48.1 Å². The summed E-state index contributed by atoms with van der Waals surface area (Å²) in [7, 11) is 0. The second-order valence-corrected chi connectivity index (χ2v) is 5.85. The topological polar surface area (TPSA) is 38.0 Å². The highest BCUT2D eigenvalue weighted by molar-refractivity contribution is 7.99. The van der Waals surface area contributed by atoms with E-state index in [1.807, 2.05) is 17.8 Å². The van der Waals surface area contributed by atoms with Crippen LogP contribution in [0.3, 0.4) is 0 Å². The van der Waals surface area contributed by atoms with Gasteiger partial charge in [-0.3, -0.25) is 11.3 Å². The summed E-state index contributed by atoms with van der Waals surface area (Å²) in [5.74, 6) is 6.59. The Morgan fingerprint density at radius 1 is 1.29 bits per heavy atom. The second kappa shape index (κ2) is 6.21. The summed E-state index contributed by atoms with van der Waals surface area (Å²) in [6.07, 6.45) is 0. The van der Waals surface area contributed by atoms with Crippen LogP contribution >= 0.6 is 23.1 Å². The lowest BCUT2D eigenvalue weighted by molar-refractivity contribution is 0.618. The summed E-state index contributed by atoms with van der Waals surface area (Å²) in [6.45, 7) is 2.13. The van der Waals surface area contributed by atoms with E-state index in [-0.39, 0.29) is 6.04 Å². The zero-order chi connectivity index (χ0) is 12.1. The van der Waals surface area contributed by atoms with Crippen LogP contribution in [0.4, 0.5) is 0 Å². The van der Waals surface area contributed by atoms with Crippen LogP contribution in [0.1, 0.15) is 16.5 Å². The molecule has 0 aliphatic carbocycles. The van der Waals surface area contributed by atoms with Gasteiger partial charge in [0.05, 0.1) is 6.04 Å². The second-order valence-electron chi connectivity index (χ2n) is 3.81. The van der Waals surface area contributed by atoms with Gasteiger partial charge in [0.2, 0.25) is 0 Å². The molecule has 90 valence electrons. The van der Waals surface area contributed by atoms with E-state index < -0.39 is 0 Å². The fourth-order valence-corrected chi connectivity index (χ4v) is 3.70. The van der Waals surface area contributed by atoms with E-state index in [9.17, 15) is 0 Å². The van der Waals surface area contributed by atoms with Crippen LogP contribution in [0.5, 0.6) is 0 Å². The van der Waals surface area contributed by atoms with Crippen molar-refractivity contribution in [2.24, 2.45) is 5.84 Å². The van der Waals surface area contributed by atoms with Crippen LogP contribution in [0.15, 0.2) is 46.7 Å². The molecule has 0 aliphatic rings. The van der Waals surface area contributed by atoms with E-state index in [4.69, 9.17) is 5.84 Å². The zero-order valence-electron chi connectivity index (χ0n) is 9.72. The molecule has 0 spiro atoms. The van der Waals surface area contributed by atoms with Gasteiger partial charge >= 0.3 is 0 Å². The van der Waals surface area contributed by atoms with Crippen molar-refractivity contribution < 1.29 is 0 Å². The predicted octanol–water partition coefficient (Wildman–Crippen LogP) is 3.35. The number of aryl methyl sites for hydroxylation is 1. The molecule has 2 nitrogen and oxygen atoms in total. The van der Waals surface area contributed by atoms with Crippen molar-refractivity contribution in [3.63, 3.8) is 0 Å². The van der Waals surface area contributed by atoms with Crippen molar-refractivity contribution in [2.75, 3.05) is 5.75 Å². The SMILES string of the molecule is Cc1ccsc1C(CSc1ccccc1)NN. The molecule has 0 saturated carbocycles. The van der Waals surface area contributed by atoms with Crippen LogP contribution in [0.2, 0.25) is 0 Å². The molecule has 2 aromatic rings. The predicted molar refractivity (Wildman–Crippen MR) is 76.3 cm³/mol. The summed E-state index contributed by atoms with van der Waals surface area (Å²) < 4.78 is 0. The monoisotopic (exact) mass is 264 g/mol. The van der Waals surface area contributed by atoms with Gasteiger partial charge in [0.25, 0.3) is 0 Å². The van der Waals surface area contributed by atoms with Crippen LogP contribution in [-0.4, -0.2) is 5.75 Å². The number of thioether (sulfide) groups is 1. The molecule has 2 rings (SSSR count). The fourth-order valence-electron chi connectivity index (χ4n) is 1.64. The van der Waals surface area contributed by atoms with E-state index in [0.717, 1.165) is 5.75 Å². The first-order valence-corrected chi connectivity index (χ1v) is 7.35. The Morgan fingerprint density at radius 3 is 2.65 bits per heavy atom. The molecule has 0 saturated heterocycles. The van der Waals surface area contributed by atoms with Gasteiger partial charge in [-0.2, -0.15) is 0 Å². The third-order valence-corrected chi connectivity index (χ3v) is 4.82. The van der Waals surface area contributed by atoms with Gasteiger partial charge in [-0.15, -0.1) is 23.1 Å². The molecule has 0 aliphatic heterocycles. The van der Waals surface area contributed by atoms with E-state index in [1.54, 1.807) is 11.3 Å². The van der Waals surface area contributed by atoms with E-state index in [0.29, 0.717) is 0 Å². The molecule has 1 aromatic heterocycles. The maximum absolute atomic E-state index is 5.64. The summed E-state index contributed by atoms with van der Waals surface area (Å²) in [4.78, 5) is 2.61. The minimum absolute atomic E-state index is 0.222. The van der Waals surface area contributed by atoms with Crippen LogP contribution in [0, 0.1) is 6.92 Å². The van der Waals surface area contributed by atoms with E-state index in [1.165, 1.54) is 15.3 Å². The third-order valence-electron chi connectivity index (χ3n) is 2.58. The summed E-state index contributed by atoms with van der Waals surface area (Å²) in [5.41, 5.74) is 4.22. The number of nitrogens with one attached hydrogen (secondary N) is 1. The Hall–Kier alpha value is -0.810. The van der Waals surface area contributed by atoms with Crippen molar-refractivity contribution >= 4 is 23.1 Å². The molecular weight excluding hydrogens is 248 g/mol. The molecule has 1 atom stereocenters. The largest absolute Gasteiger partial charge is 0.271 e. The lowest BCUT2D eigenvalue weighted by atomic mass is 10.2. The van der Waals surface area contributed by atoms with Gasteiger partial charge in [-0.25, -0.2) is 0 Å². The Morgan fingerprint density at radius 2 is 2.06 bits per heavy atom. The molecule has 3 N–H and O–H groups in total. The number of hydrogen-bond donors (Lipinski definition) is 2. The standard InChI is InChI=1S/C13H16N2S2/c1-10-7-8-16-13(10)12(15-14)9-17-11-5-3-2-4-6-11/h2-8,12,15H,9,14H2,1H3. The molecular formula is C13H16N2S2. The Bertz CT molecular complexity index is 453. The smallest absolute Gasteiger partial charge is 0.0649 e. The lowest BCUT2D eigenvalue weighted by Gasteiger charge is -2.15. The Balaban J connectivity index is 2.00. The molecule has 1 aromatic carbocycles. The molecule has 1 heterocycles. The number of rotatable bonds is 5. The molecule has 0 radical (unpaired) electrons. The summed E-state index contributed by atoms with van der Waals surface area (Å²) in [5, 5.41) is 2.11. The minimum atomic E-state index is 0.222. The maximum Gasteiger partial charge on any atom is 0.0649 e. The highest BCUT2D eigenvalue weighted by Gasteiger charge is 2.13. The van der Waals surface area contributed by atoms with Crippen molar-refractivity contribution in [2.45, 2.75) is 17.9 Å². The quantitative estimate of drug-likeness (QED) is 0.494. The van der Waals surface area contributed by atoms with E-state index >= 15 is 0 Å². The number of benzene rings is 1. The minimum Gasteiger partial charge on any atom is -0.271 e. The molecule has 1 unspecified atom stereocenters. The first-order valence-electron chi connectivity index (χ1n) is 5.49. The average Bonchev–Trinajstić information content (AvgIpc) is 2.78. The van der Waals surface area contributed by atoms with Crippen LogP contribution < -0.4 is 11.3 Å². The van der Waals surface area contributed by atoms with Crippen LogP contribution in [0.25, 0.3) is 0 Å². The number of nitrogens with two attached hydrogens (primary N) is 1. The van der Waals surface area contributed by atoms with Gasteiger partial charge < -0.3 is 0 Å². The molecule has 0 fully saturated rings. The molecule has 17 heavy (non-hydrogen) atoms. The normalized spacial score (nSPS) is 12.6. The van der Waals surface area contributed by atoms with Crippen molar-refractivity contribution in [3.05, 3.63) is 52.2 Å². The maximum atomic E-state index is 5.64. The van der Waals surface area contributed by atoms with Gasteiger partial charge in [0.15, 0.2) is 0 Å². The third kappa shape index (κ3) is 3.33. The highest BCUT2D eigenvalue weighted by atomic mass is 32.2. The van der Waals surface area contributed by atoms with Crippen molar-refractivity contribution in [1.82, 2.24) is 5.43 Å². The number of hydrogen-bond acceptors (Lipinski definition) is 4. The first-order chi connectivity index (χ1) is 8.31. The zero-order valence-corrected chi connectivity index (χ0v) is 11.4. The molecule has 0 amide bonds. The Labute approximate surface area is 110 Å². The fraction of sp³-hybridized carbons (Fsp3) is 0.231. The van der Waals surface area contributed by atoms with Crippen LogP contribution in [-0.2, 0) is 0 Å². The van der Waals surface area contributed by atoms with Gasteiger partial charge in [0, 0.05) is 15.5 Å². The Kier molecular flexibility index (Phi) is 4.62. The average molecular weight is 264 g/mol. The lowest BCUT2D eigenvalue weighted by Crippen LogP contribution is -2.29.